The SMILES string of the molecule is CC[C@H]1OC(=O)[C@@](C)(F)C(=O)[C@H](C)[C@@H](O[C@@H]2O[C@H](C)C[C@H](N(C)C(C)(C)C)[C@H]2O)[C@](C)(O)C[C@@H](C)CN(C)[C@H](C)[C@@H](O)[C@]1(C)O. The molecule has 2 aliphatic heterocycles. The average Bonchev–Trinajstić information content (AvgIpc) is 2.91. The highest BCUT2D eigenvalue weighted by Gasteiger charge is 2.55. The number of cyclic esters (lactones) is 1. The predicted molar refractivity (Wildman–Crippen MR) is 168 cm³/mol. The minimum absolute atomic E-state index is 0.0438. The monoisotopic (exact) mass is 648 g/mol. The van der Waals surface area contributed by atoms with E-state index < -0.39 is 71.3 Å². The lowest BCUT2D eigenvalue weighted by molar-refractivity contribution is -0.296. The summed E-state index contributed by atoms with van der Waals surface area (Å²) < 4.78 is 34.0. The smallest absolute Gasteiger partial charge is 0.351 e. The normalized spacial score (nSPS) is 45.6. The molecule has 0 aromatic carbocycles. The highest BCUT2D eigenvalue weighted by molar-refractivity contribution is 6.07. The van der Waals surface area contributed by atoms with Crippen LogP contribution in [0.15, 0.2) is 0 Å². The van der Waals surface area contributed by atoms with Gasteiger partial charge in [0.25, 0.3) is 5.67 Å². The minimum atomic E-state index is -3.19. The maximum Gasteiger partial charge on any atom is 0.351 e. The summed E-state index contributed by atoms with van der Waals surface area (Å²) in [6, 6.07) is -1.00. The van der Waals surface area contributed by atoms with Crippen molar-refractivity contribution in [2.24, 2.45) is 11.8 Å². The zero-order valence-corrected chi connectivity index (χ0v) is 29.7. The predicted octanol–water partition coefficient (Wildman–Crippen LogP) is 2.44. The first-order chi connectivity index (χ1) is 20.3. The van der Waals surface area contributed by atoms with Gasteiger partial charge < -0.3 is 39.5 Å². The van der Waals surface area contributed by atoms with Crippen LogP contribution in [0.25, 0.3) is 0 Å². The molecule has 0 saturated carbocycles. The molecule has 12 heteroatoms. The van der Waals surface area contributed by atoms with Crippen molar-refractivity contribution in [1.82, 2.24) is 9.80 Å². The molecular weight excluding hydrogens is 587 g/mol. The number of carbonyl (C=O) groups excluding carboxylic acids is 2. The van der Waals surface area contributed by atoms with E-state index in [1.807, 2.05) is 51.5 Å². The fraction of sp³-hybridized carbons (Fsp3) is 0.939. The van der Waals surface area contributed by atoms with Gasteiger partial charge in [-0.25, -0.2) is 9.18 Å². The quantitative estimate of drug-likeness (QED) is 0.263. The molecule has 13 atom stereocenters. The van der Waals surface area contributed by atoms with Crippen molar-refractivity contribution >= 4 is 11.8 Å². The van der Waals surface area contributed by atoms with Gasteiger partial charge in [0.1, 0.15) is 23.9 Å². The van der Waals surface area contributed by atoms with E-state index in [0.717, 1.165) is 6.92 Å². The maximum atomic E-state index is 16.3. The molecule has 0 aliphatic carbocycles. The van der Waals surface area contributed by atoms with Crippen LogP contribution in [-0.4, -0.2) is 134 Å². The van der Waals surface area contributed by atoms with Gasteiger partial charge in [-0.05, 0) is 94.7 Å². The molecule has 0 unspecified atom stereocenters. The zero-order chi connectivity index (χ0) is 35.0. The Bertz CT molecular complexity index is 1020. The number of esters is 1. The molecule has 0 amide bonds. The van der Waals surface area contributed by atoms with Crippen molar-refractivity contribution in [2.75, 3.05) is 20.6 Å². The third-order valence-corrected chi connectivity index (χ3v) is 10.2. The van der Waals surface area contributed by atoms with Crippen LogP contribution in [0.5, 0.6) is 0 Å². The van der Waals surface area contributed by atoms with Crippen molar-refractivity contribution in [3.05, 3.63) is 0 Å². The molecule has 2 fully saturated rings. The number of ketones is 1. The molecule has 45 heavy (non-hydrogen) atoms. The third kappa shape index (κ3) is 8.81. The number of rotatable bonds is 4. The maximum absolute atomic E-state index is 16.3. The summed E-state index contributed by atoms with van der Waals surface area (Å²) in [4.78, 5) is 30.9. The Morgan fingerprint density at radius 3 is 2.16 bits per heavy atom. The standard InChI is InChI=1S/C33H61FN2O9/c1-14-23-33(11,42)26(39)21(5)35(12)17-18(2)16-31(9,41)27(20(4)25(38)32(10,34)29(40)44-23)45-28-24(37)22(15-19(3)43-28)36(13)30(6,7)8/h18-24,26-28,37,39,41-42H,14-17H2,1-13H3/t18-,19-,20+,21-,22+,23-,24-,26-,27-,28+,31-,32+,33-/m1/s1. The Labute approximate surface area is 269 Å². The zero-order valence-electron chi connectivity index (χ0n) is 29.7. The second kappa shape index (κ2) is 14.5. The lowest BCUT2D eigenvalue weighted by Crippen LogP contribution is -2.62. The Hall–Kier alpha value is -1.25. The number of hydrogen-bond acceptors (Lipinski definition) is 11. The number of aliphatic hydroxyl groups excluding tert-OH is 2. The fourth-order valence-corrected chi connectivity index (χ4v) is 6.96. The number of hydrogen-bond donors (Lipinski definition) is 4. The van der Waals surface area contributed by atoms with Crippen LogP contribution in [-0.2, 0) is 23.8 Å². The Balaban J connectivity index is 2.61. The molecule has 2 aliphatic rings. The first-order valence-corrected chi connectivity index (χ1v) is 16.3. The molecule has 0 radical (unpaired) electrons. The number of likely N-dealkylation sites (N-methyl/N-ethyl adjacent to an activating group) is 2. The number of aliphatic hydroxyl groups is 4. The lowest BCUT2D eigenvalue weighted by atomic mass is 9.78. The molecule has 0 spiro atoms. The number of alkyl halides is 1. The Morgan fingerprint density at radius 1 is 1.09 bits per heavy atom. The third-order valence-electron chi connectivity index (χ3n) is 10.2. The first-order valence-electron chi connectivity index (χ1n) is 16.3. The van der Waals surface area contributed by atoms with Gasteiger partial charge in [0, 0.05) is 30.1 Å². The molecule has 2 heterocycles. The van der Waals surface area contributed by atoms with Crippen LogP contribution in [0.1, 0.15) is 95.4 Å². The number of Topliss-reactive ketones (excluding diaryl/α,β-unsaturated/α-hetero) is 1. The van der Waals surface area contributed by atoms with Gasteiger partial charge in [-0.2, -0.15) is 0 Å². The van der Waals surface area contributed by atoms with Crippen LogP contribution in [0.2, 0.25) is 0 Å². The summed E-state index contributed by atoms with van der Waals surface area (Å²) in [7, 11) is 3.66. The average molecular weight is 649 g/mol. The highest BCUT2D eigenvalue weighted by atomic mass is 19.1. The molecule has 2 saturated heterocycles. The fourth-order valence-electron chi connectivity index (χ4n) is 6.96. The van der Waals surface area contributed by atoms with E-state index >= 15 is 4.39 Å². The van der Waals surface area contributed by atoms with Gasteiger partial charge >= 0.3 is 5.97 Å². The van der Waals surface area contributed by atoms with Crippen molar-refractivity contribution in [3.63, 3.8) is 0 Å². The van der Waals surface area contributed by atoms with Crippen molar-refractivity contribution < 1.29 is 48.6 Å². The number of ether oxygens (including phenoxy) is 3. The van der Waals surface area contributed by atoms with Crippen molar-refractivity contribution in [1.29, 1.82) is 0 Å². The summed E-state index contributed by atoms with van der Waals surface area (Å²) in [6.07, 6.45) is -6.26. The number of carbonyl (C=O) groups is 2. The molecule has 4 N–H and O–H groups in total. The van der Waals surface area contributed by atoms with Crippen LogP contribution in [0, 0.1) is 11.8 Å². The lowest BCUT2D eigenvalue weighted by Gasteiger charge is -2.49. The van der Waals surface area contributed by atoms with E-state index in [1.165, 1.54) is 20.8 Å². The topological polar surface area (TPSA) is 149 Å². The van der Waals surface area contributed by atoms with Gasteiger partial charge in [-0.3, -0.25) is 9.69 Å². The van der Waals surface area contributed by atoms with Crippen LogP contribution in [0.4, 0.5) is 4.39 Å². The van der Waals surface area contributed by atoms with Gasteiger partial charge in [0.05, 0.1) is 17.8 Å². The van der Waals surface area contributed by atoms with Gasteiger partial charge in [0.2, 0.25) is 0 Å². The van der Waals surface area contributed by atoms with Crippen LogP contribution < -0.4 is 0 Å². The summed E-state index contributed by atoms with van der Waals surface area (Å²) >= 11 is 0. The van der Waals surface area contributed by atoms with Crippen molar-refractivity contribution in [3.8, 4) is 0 Å². The van der Waals surface area contributed by atoms with E-state index in [4.69, 9.17) is 14.2 Å². The van der Waals surface area contributed by atoms with Crippen LogP contribution >= 0.6 is 0 Å². The molecule has 11 nitrogen and oxygen atoms in total. The second-order valence-electron chi connectivity index (χ2n) is 15.4. The molecular formula is C33H61FN2O9. The molecule has 0 aromatic rings. The summed E-state index contributed by atoms with van der Waals surface area (Å²) in [6.45, 7) is 18.4. The second-order valence-corrected chi connectivity index (χ2v) is 15.4. The summed E-state index contributed by atoms with van der Waals surface area (Å²) in [5.74, 6) is -4.34. The van der Waals surface area contributed by atoms with E-state index in [0.29, 0.717) is 13.0 Å². The van der Waals surface area contributed by atoms with E-state index in [9.17, 15) is 30.0 Å². The van der Waals surface area contributed by atoms with E-state index in [2.05, 4.69) is 0 Å². The van der Waals surface area contributed by atoms with Crippen LogP contribution in [0.3, 0.4) is 0 Å². The molecule has 0 bridgehead atoms. The van der Waals surface area contributed by atoms with Gasteiger partial charge in [-0.1, -0.05) is 20.8 Å². The molecule has 264 valence electrons. The number of halogens is 1. The first kappa shape index (κ1) is 39.9. The van der Waals surface area contributed by atoms with E-state index in [-0.39, 0.29) is 36.4 Å². The minimum Gasteiger partial charge on any atom is -0.457 e. The van der Waals surface area contributed by atoms with Gasteiger partial charge in [-0.15, -0.1) is 0 Å². The summed E-state index contributed by atoms with van der Waals surface area (Å²) in [5.41, 5.74) is -7.21. The highest BCUT2D eigenvalue weighted by Crippen LogP contribution is 2.37. The van der Waals surface area contributed by atoms with E-state index in [1.54, 1.807) is 20.9 Å². The van der Waals surface area contributed by atoms with Gasteiger partial charge in [0.15, 0.2) is 12.1 Å². The molecule has 0 aromatic heterocycles. The largest absolute Gasteiger partial charge is 0.457 e. The Morgan fingerprint density at radius 2 is 1.64 bits per heavy atom. The molecule has 2 rings (SSSR count). The Kier molecular flexibility index (Phi) is 12.8. The summed E-state index contributed by atoms with van der Waals surface area (Å²) in [5, 5.41) is 45.9. The number of nitrogens with zero attached hydrogens (tertiary/aromatic N) is 2. The van der Waals surface area contributed by atoms with Crippen molar-refractivity contribution in [2.45, 2.75) is 167 Å².